The number of rotatable bonds is 5. The van der Waals surface area contributed by atoms with Gasteiger partial charge in [0.05, 0.1) is 12.1 Å². The molecule has 2 saturated heterocycles. The van der Waals surface area contributed by atoms with Crippen LogP contribution in [0.25, 0.3) is 0 Å². The number of para-hydroxylation sites is 1. The van der Waals surface area contributed by atoms with Gasteiger partial charge in [-0.25, -0.2) is 4.98 Å². The van der Waals surface area contributed by atoms with Gasteiger partial charge in [0.25, 0.3) is 0 Å². The Kier molecular flexibility index (Phi) is 5.97. The highest BCUT2D eigenvalue weighted by Gasteiger charge is 2.38. The molecule has 2 fully saturated rings. The summed E-state index contributed by atoms with van der Waals surface area (Å²) in [6.45, 7) is 7.54. The number of amides is 2. The molecule has 2 aliphatic rings. The van der Waals surface area contributed by atoms with Crippen molar-refractivity contribution >= 4 is 23.3 Å². The molecule has 7 heteroatoms. The number of nitrogens with zero attached hydrogens (tertiary/aromatic N) is 5. The summed E-state index contributed by atoms with van der Waals surface area (Å²) >= 11 is 0. The van der Waals surface area contributed by atoms with Crippen molar-refractivity contribution in [2.75, 3.05) is 42.5 Å². The first-order valence-electron chi connectivity index (χ1n) is 10.8. The van der Waals surface area contributed by atoms with E-state index < -0.39 is 0 Å². The van der Waals surface area contributed by atoms with Gasteiger partial charge in [-0.05, 0) is 24.0 Å². The summed E-state index contributed by atoms with van der Waals surface area (Å²) in [6.07, 6.45) is 6.39. The fourth-order valence-corrected chi connectivity index (χ4v) is 4.34. The first-order chi connectivity index (χ1) is 14.6. The molecule has 2 atom stereocenters. The maximum atomic E-state index is 13.1. The normalized spacial score (nSPS) is 20.5. The highest BCUT2D eigenvalue weighted by Crippen LogP contribution is 2.34. The van der Waals surface area contributed by atoms with Crippen molar-refractivity contribution in [3.05, 3.63) is 48.4 Å². The highest BCUT2D eigenvalue weighted by molar-refractivity contribution is 6.01. The van der Waals surface area contributed by atoms with E-state index >= 15 is 0 Å². The molecule has 158 valence electrons. The van der Waals surface area contributed by atoms with Gasteiger partial charge in [-0.2, -0.15) is 0 Å². The van der Waals surface area contributed by atoms with E-state index in [1.807, 2.05) is 28.0 Å². The summed E-state index contributed by atoms with van der Waals surface area (Å²) in [7, 11) is 0. The summed E-state index contributed by atoms with van der Waals surface area (Å²) in [6, 6.07) is 8.09. The van der Waals surface area contributed by atoms with Crippen LogP contribution in [0.4, 0.5) is 11.5 Å². The first kappa shape index (κ1) is 20.3. The van der Waals surface area contributed by atoms with Crippen LogP contribution >= 0.6 is 0 Å². The van der Waals surface area contributed by atoms with E-state index in [4.69, 9.17) is 0 Å². The predicted molar refractivity (Wildman–Crippen MR) is 116 cm³/mol. The topological polar surface area (TPSA) is 69.6 Å². The van der Waals surface area contributed by atoms with E-state index in [0.29, 0.717) is 25.6 Å². The number of hydrogen-bond acceptors (Lipinski definition) is 5. The maximum Gasteiger partial charge on any atom is 0.228 e. The Morgan fingerprint density at radius 3 is 2.63 bits per heavy atom. The molecule has 0 unspecified atom stereocenters. The standard InChI is InChI=1S/C23H29N5O2/c1-3-17(2)19-6-4-5-7-20(19)28-16-18(14-22(28)29)23(30)27-12-10-26(11-13-27)21-15-24-8-9-25-21/h4-9,15,17-18H,3,10-14,16H2,1-2H3/t17-,18-/m1/s1. The molecule has 0 N–H and O–H groups in total. The van der Waals surface area contributed by atoms with Gasteiger partial charge in [-0.15, -0.1) is 0 Å². The third-order valence-corrected chi connectivity index (χ3v) is 6.31. The molecule has 1 aromatic carbocycles. The highest BCUT2D eigenvalue weighted by atomic mass is 16.2. The minimum atomic E-state index is -0.273. The lowest BCUT2D eigenvalue weighted by atomic mass is 9.96. The Labute approximate surface area is 177 Å². The van der Waals surface area contributed by atoms with Crippen molar-refractivity contribution in [3.63, 3.8) is 0 Å². The first-order valence-corrected chi connectivity index (χ1v) is 10.8. The Morgan fingerprint density at radius 2 is 1.93 bits per heavy atom. The molecule has 0 spiro atoms. The third-order valence-electron chi connectivity index (χ3n) is 6.31. The van der Waals surface area contributed by atoms with Gasteiger partial charge in [0.15, 0.2) is 0 Å². The molecular formula is C23H29N5O2. The number of aromatic nitrogens is 2. The maximum absolute atomic E-state index is 13.1. The lowest BCUT2D eigenvalue weighted by molar-refractivity contribution is -0.136. The molecule has 2 aliphatic heterocycles. The van der Waals surface area contributed by atoms with E-state index in [1.54, 1.807) is 18.6 Å². The van der Waals surface area contributed by atoms with Gasteiger partial charge in [0, 0.05) is 57.2 Å². The molecule has 0 radical (unpaired) electrons. The number of anilines is 2. The van der Waals surface area contributed by atoms with Crippen LogP contribution in [0.1, 0.15) is 38.2 Å². The molecule has 0 bridgehead atoms. The van der Waals surface area contributed by atoms with Crippen LogP contribution in [0.3, 0.4) is 0 Å². The molecule has 2 aromatic rings. The second-order valence-electron chi connectivity index (χ2n) is 8.15. The largest absolute Gasteiger partial charge is 0.352 e. The Bertz CT molecular complexity index is 895. The van der Waals surface area contributed by atoms with Crippen LogP contribution in [0, 0.1) is 5.92 Å². The summed E-state index contributed by atoms with van der Waals surface area (Å²) in [5.74, 6) is 1.07. The molecule has 7 nitrogen and oxygen atoms in total. The van der Waals surface area contributed by atoms with Crippen LogP contribution < -0.4 is 9.80 Å². The fraction of sp³-hybridized carbons (Fsp3) is 0.478. The zero-order valence-corrected chi connectivity index (χ0v) is 17.7. The number of carbonyl (C=O) groups is 2. The molecule has 0 saturated carbocycles. The zero-order chi connectivity index (χ0) is 21.1. The second-order valence-corrected chi connectivity index (χ2v) is 8.15. The van der Waals surface area contributed by atoms with Gasteiger partial charge >= 0.3 is 0 Å². The SMILES string of the molecule is CC[C@@H](C)c1ccccc1N1C[C@H](C(=O)N2CCN(c3cnccn3)CC2)CC1=O. The Hall–Kier alpha value is -2.96. The van der Waals surface area contributed by atoms with Crippen LogP contribution in [0.2, 0.25) is 0 Å². The van der Waals surface area contributed by atoms with Crippen molar-refractivity contribution < 1.29 is 9.59 Å². The van der Waals surface area contributed by atoms with Crippen molar-refractivity contribution in [1.29, 1.82) is 0 Å². The Morgan fingerprint density at radius 1 is 1.17 bits per heavy atom. The zero-order valence-electron chi connectivity index (χ0n) is 17.7. The third kappa shape index (κ3) is 4.01. The second kappa shape index (κ2) is 8.81. The van der Waals surface area contributed by atoms with E-state index in [2.05, 4.69) is 34.8 Å². The van der Waals surface area contributed by atoms with E-state index in [-0.39, 0.29) is 24.2 Å². The van der Waals surface area contributed by atoms with Crippen LogP contribution in [0.5, 0.6) is 0 Å². The molecular weight excluding hydrogens is 378 g/mol. The lowest BCUT2D eigenvalue weighted by Crippen LogP contribution is -2.51. The van der Waals surface area contributed by atoms with Gasteiger partial charge in [0.1, 0.15) is 5.82 Å². The lowest BCUT2D eigenvalue weighted by Gasteiger charge is -2.36. The Balaban J connectivity index is 1.41. The number of benzene rings is 1. The average Bonchev–Trinajstić information content (AvgIpc) is 3.20. The smallest absolute Gasteiger partial charge is 0.228 e. The van der Waals surface area contributed by atoms with E-state index in [1.165, 1.54) is 5.56 Å². The minimum absolute atomic E-state index is 0.0438. The van der Waals surface area contributed by atoms with Crippen LogP contribution in [-0.2, 0) is 9.59 Å². The van der Waals surface area contributed by atoms with Crippen molar-refractivity contribution in [3.8, 4) is 0 Å². The van der Waals surface area contributed by atoms with E-state index in [9.17, 15) is 9.59 Å². The summed E-state index contributed by atoms with van der Waals surface area (Å²) in [5.41, 5.74) is 2.14. The van der Waals surface area contributed by atoms with Crippen molar-refractivity contribution in [2.24, 2.45) is 5.92 Å². The number of carbonyl (C=O) groups excluding carboxylic acids is 2. The molecule has 30 heavy (non-hydrogen) atoms. The van der Waals surface area contributed by atoms with Gasteiger partial charge in [0.2, 0.25) is 11.8 Å². The van der Waals surface area contributed by atoms with Crippen molar-refractivity contribution in [1.82, 2.24) is 14.9 Å². The van der Waals surface area contributed by atoms with Gasteiger partial charge < -0.3 is 14.7 Å². The van der Waals surface area contributed by atoms with Crippen LogP contribution in [0.15, 0.2) is 42.9 Å². The summed E-state index contributed by atoms with van der Waals surface area (Å²) < 4.78 is 0. The van der Waals surface area contributed by atoms with Crippen LogP contribution in [-0.4, -0.2) is 59.4 Å². The monoisotopic (exact) mass is 407 g/mol. The minimum Gasteiger partial charge on any atom is -0.352 e. The van der Waals surface area contributed by atoms with Gasteiger partial charge in [-0.3, -0.25) is 14.6 Å². The molecule has 2 amide bonds. The number of hydrogen-bond donors (Lipinski definition) is 0. The molecule has 0 aliphatic carbocycles. The number of piperazine rings is 1. The summed E-state index contributed by atoms with van der Waals surface area (Å²) in [4.78, 5) is 40.3. The fourth-order valence-electron chi connectivity index (χ4n) is 4.34. The van der Waals surface area contributed by atoms with E-state index in [0.717, 1.165) is 31.0 Å². The molecule has 4 rings (SSSR count). The summed E-state index contributed by atoms with van der Waals surface area (Å²) in [5, 5.41) is 0. The van der Waals surface area contributed by atoms with Crippen molar-refractivity contribution in [2.45, 2.75) is 32.6 Å². The average molecular weight is 408 g/mol. The predicted octanol–water partition coefficient (Wildman–Crippen LogP) is 2.69. The van der Waals surface area contributed by atoms with Gasteiger partial charge in [-0.1, -0.05) is 32.0 Å². The molecule has 1 aromatic heterocycles. The quantitative estimate of drug-likeness (QED) is 0.762. The molecule has 3 heterocycles.